The van der Waals surface area contributed by atoms with Crippen LogP contribution in [-0.2, 0) is 0 Å². The maximum absolute atomic E-state index is 8.69. The van der Waals surface area contributed by atoms with Crippen molar-refractivity contribution in [3.8, 4) is 0 Å². The van der Waals surface area contributed by atoms with Gasteiger partial charge in [0.05, 0.1) is 6.61 Å². The second-order valence-corrected chi connectivity index (χ2v) is 2.51. The van der Waals surface area contributed by atoms with Crippen LogP contribution in [0.25, 0.3) is 0 Å². The van der Waals surface area contributed by atoms with Crippen LogP contribution in [0.4, 0.5) is 0 Å². The highest BCUT2D eigenvalue weighted by Crippen LogP contribution is 2.04. The Morgan fingerprint density at radius 3 is 2.89 bits per heavy atom. The number of likely N-dealkylation sites (N-methyl/N-ethyl adjacent to an activating group) is 1. The van der Waals surface area contributed by atoms with E-state index in [9.17, 15) is 0 Å². The third kappa shape index (κ3) is 1.64. The van der Waals surface area contributed by atoms with Gasteiger partial charge in [-0.15, -0.1) is 0 Å². The molecule has 0 saturated carbocycles. The number of hydrogen-bond donors (Lipinski definition) is 3. The lowest BCUT2D eigenvalue weighted by molar-refractivity contribution is 0.254. The molecule has 0 aromatic rings. The first-order valence-electron chi connectivity index (χ1n) is 3.38. The molecule has 3 N–H and O–H groups in total. The molecule has 0 spiro atoms. The molecule has 1 aliphatic heterocycles. The van der Waals surface area contributed by atoms with Crippen molar-refractivity contribution >= 4 is 0 Å². The van der Waals surface area contributed by atoms with E-state index < -0.39 is 0 Å². The predicted octanol–water partition coefficient (Wildman–Crippen LogP) is -1.07. The van der Waals surface area contributed by atoms with Gasteiger partial charge in [-0.25, -0.2) is 0 Å². The number of rotatable bonds is 2. The quantitative estimate of drug-likeness (QED) is 0.446. The molecular weight excluding hydrogens is 116 g/mol. The van der Waals surface area contributed by atoms with Crippen molar-refractivity contribution in [3.05, 3.63) is 0 Å². The van der Waals surface area contributed by atoms with Crippen LogP contribution in [0.5, 0.6) is 0 Å². The molecule has 2 atom stereocenters. The molecule has 1 aliphatic rings. The molecule has 9 heavy (non-hydrogen) atoms. The third-order valence-electron chi connectivity index (χ3n) is 1.85. The standard InChI is InChI=1S/C6H14N2O/c1-7-5-2-6(4-9)8-3-5/h5-9H,2-4H2,1H3/t5-,6+/m1/s1. The minimum absolute atomic E-state index is 0.262. The van der Waals surface area contributed by atoms with E-state index in [1.807, 2.05) is 7.05 Å². The highest BCUT2D eigenvalue weighted by Gasteiger charge is 2.20. The first kappa shape index (κ1) is 6.99. The molecule has 0 aliphatic carbocycles. The Kier molecular flexibility index (Phi) is 2.45. The van der Waals surface area contributed by atoms with Gasteiger partial charge in [-0.05, 0) is 13.5 Å². The fraction of sp³-hybridized carbons (Fsp3) is 1.00. The summed E-state index contributed by atoms with van der Waals surface area (Å²) >= 11 is 0. The Bertz CT molecular complexity index is 77.1. The molecule has 0 aromatic carbocycles. The fourth-order valence-corrected chi connectivity index (χ4v) is 1.18. The fourth-order valence-electron chi connectivity index (χ4n) is 1.18. The Labute approximate surface area is 55.5 Å². The zero-order valence-corrected chi connectivity index (χ0v) is 5.72. The average molecular weight is 130 g/mol. The molecule has 0 aromatic heterocycles. The molecule has 1 fully saturated rings. The van der Waals surface area contributed by atoms with Crippen molar-refractivity contribution < 1.29 is 5.11 Å². The van der Waals surface area contributed by atoms with Gasteiger partial charge in [0, 0.05) is 18.6 Å². The van der Waals surface area contributed by atoms with Gasteiger partial charge >= 0.3 is 0 Å². The molecule has 0 amide bonds. The number of nitrogens with one attached hydrogen (secondary N) is 2. The number of hydrogen-bond acceptors (Lipinski definition) is 3. The van der Waals surface area contributed by atoms with E-state index in [1.165, 1.54) is 0 Å². The number of aliphatic hydroxyl groups excluding tert-OH is 1. The minimum atomic E-state index is 0.262. The largest absolute Gasteiger partial charge is 0.395 e. The first-order valence-corrected chi connectivity index (χ1v) is 3.38. The highest BCUT2D eigenvalue weighted by atomic mass is 16.3. The summed E-state index contributed by atoms with van der Waals surface area (Å²) in [6.07, 6.45) is 1.05. The highest BCUT2D eigenvalue weighted by molar-refractivity contribution is 4.84. The van der Waals surface area contributed by atoms with Gasteiger partial charge in [0.1, 0.15) is 0 Å². The summed E-state index contributed by atoms with van der Waals surface area (Å²) in [4.78, 5) is 0. The molecular formula is C6H14N2O. The first-order chi connectivity index (χ1) is 4.36. The van der Waals surface area contributed by atoms with Crippen LogP contribution >= 0.6 is 0 Å². The monoisotopic (exact) mass is 130 g/mol. The van der Waals surface area contributed by atoms with Gasteiger partial charge < -0.3 is 15.7 Å². The lowest BCUT2D eigenvalue weighted by atomic mass is 10.2. The van der Waals surface area contributed by atoms with Crippen molar-refractivity contribution in [1.29, 1.82) is 0 Å². The van der Waals surface area contributed by atoms with Gasteiger partial charge in [0.15, 0.2) is 0 Å². The summed E-state index contributed by atoms with van der Waals surface area (Å²) in [6.45, 7) is 1.25. The normalized spacial score (nSPS) is 35.3. The molecule has 0 bridgehead atoms. The van der Waals surface area contributed by atoms with Crippen LogP contribution < -0.4 is 10.6 Å². The molecule has 1 saturated heterocycles. The maximum atomic E-state index is 8.69. The van der Waals surface area contributed by atoms with E-state index >= 15 is 0 Å². The van der Waals surface area contributed by atoms with E-state index in [2.05, 4.69) is 10.6 Å². The Morgan fingerprint density at radius 2 is 2.56 bits per heavy atom. The summed E-state index contributed by atoms with van der Waals surface area (Å²) in [5.74, 6) is 0. The maximum Gasteiger partial charge on any atom is 0.0585 e. The zero-order valence-electron chi connectivity index (χ0n) is 5.72. The second-order valence-electron chi connectivity index (χ2n) is 2.51. The summed E-state index contributed by atoms with van der Waals surface area (Å²) in [5, 5.41) is 15.0. The van der Waals surface area contributed by atoms with Gasteiger partial charge in [-0.3, -0.25) is 0 Å². The third-order valence-corrected chi connectivity index (χ3v) is 1.85. The summed E-state index contributed by atoms with van der Waals surface area (Å²) in [7, 11) is 1.95. The Hall–Kier alpha value is -0.120. The molecule has 3 heteroatoms. The van der Waals surface area contributed by atoms with Crippen LogP contribution in [0, 0.1) is 0 Å². The summed E-state index contributed by atoms with van der Waals surface area (Å²) in [5.41, 5.74) is 0. The van der Waals surface area contributed by atoms with Gasteiger partial charge in [-0.1, -0.05) is 0 Å². The molecule has 3 nitrogen and oxygen atoms in total. The van der Waals surface area contributed by atoms with Crippen LogP contribution in [0.3, 0.4) is 0 Å². The average Bonchev–Trinajstić information content (AvgIpc) is 2.34. The second kappa shape index (κ2) is 3.15. The van der Waals surface area contributed by atoms with Gasteiger partial charge in [0.25, 0.3) is 0 Å². The van der Waals surface area contributed by atoms with Crippen molar-refractivity contribution in [3.63, 3.8) is 0 Å². The SMILES string of the molecule is CN[C@H]1CN[C@H](CO)C1. The lowest BCUT2D eigenvalue weighted by Crippen LogP contribution is -2.27. The summed E-state index contributed by atoms with van der Waals surface area (Å²) < 4.78 is 0. The van der Waals surface area contributed by atoms with E-state index in [1.54, 1.807) is 0 Å². The Balaban J connectivity index is 2.20. The zero-order chi connectivity index (χ0) is 6.69. The van der Waals surface area contributed by atoms with Crippen LogP contribution in [0.2, 0.25) is 0 Å². The molecule has 1 rings (SSSR count). The van der Waals surface area contributed by atoms with E-state index in [-0.39, 0.29) is 6.61 Å². The number of aliphatic hydroxyl groups is 1. The summed E-state index contributed by atoms with van der Waals surface area (Å²) in [6, 6.07) is 0.879. The smallest absolute Gasteiger partial charge is 0.0585 e. The van der Waals surface area contributed by atoms with Crippen molar-refractivity contribution in [1.82, 2.24) is 10.6 Å². The molecule has 1 heterocycles. The van der Waals surface area contributed by atoms with Gasteiger partial charge in [-0.2, -0.15) is 0 Å². The van der Waals surface area contributed by atoms with E-state index in [4.69, 9.17) is 5.11 Å². The minimum Gasteiger partial charge on any atom is -0.395 e. The molecule has 54 valence electrons. The van der Waals surface area contributed by atoms with E-state index in [0.29, 0.717) is 12.1 Å². The molecule has 0 unspecified atom stereocenters. The van der Waals surface area contributed by atoms with Crippen molar-refractivity contribution in [2.45, 2.75) is 18.5 Å². The predicted molar refractivity (Wildman–Crippen MR) is 36.3 cm³/mol. The van der Waals surface area contributed by atoms with Gasteiger partial charge in [0.2, 0.25) is 0 Å². The molecule has 0 radical (unpaired) electrons. The van der Waals surface area contributed by atoms with Crippen LogP contribution in [-0.4, -0.2) is 37.4 Å². The van der Waals surface area contributed by atoms with Crippen LogP contribution in [0.15, 0.2) is 0 Å². The van der Waals surface area contributed by atoms with Crippen molar-refractivity contribution in [2.24, 2.45) is 0 Å². The van der Waals surface area contributed by atoms with Crippen LogP contribution in [0.1, 0.15) is 6.42 Å². The topological polar surface area (TPSA) is 44.3 Å². The van der Waals surface area contributed by atoms with E-state index in [0.717, 1.165) is 13.0 Å². The Morgan fingerprint density at radius 1 is 1.78 bits per heavy atom. The van der Waals surface area contributed by atoms with Crippen molar-refractivity contribution in [2.75, 3.05) is 20.2 Å². The lowest BCUT2D eigenvalue weighted by Gasteiger charge is -2.05.